The van der Waals surface area contributed by atoms with Gasteiger partial charge in [-0.1, -0.05) is 6.92 Å². The van der Waals surface area contributed by atoms with Crippen molar-refractivity contribution in [3.05, 3.63) is 18.2 Å². The number of hydrogen-bond donors (Lipinski definition) is 0. The van der Waals surface area contributed by atoms with Crippen LogP contribution in [0.2, 0.25) is 0 Å². The van der Waals surface area contributed by atoms with Gasteiger partial charge in [0, 0.05) is 38.8 Å². The molecule has 2 saturated carbocycles. The lowest BCUT2D eigenvalue weighted by molar-refractivity contribution is -0.114. The molecule has 26 heavy (non-hydrogen) atoms. The fraction of sp³-hybridized carbons (Fsp3) is 0.810. The molecule has 1 saturated heterocycles. The van der Waals surface area contributed by atoms with Crippen molar-refractivity contribution < 1.29 is 4.74 Å². The SMILES string of the molecule is CCC(C)OCC1CC2(C1)CC(N1CCN(c3cnc(C)nc3)CC1)C2. The minimum atomic E-state index is 0.427. The Labute approximate surface area is 158 Å². The number of rotatable bonds is 6. The van der Waals surface area contributed by atoms with Gasteiger partial charge in [0.25, 0.3) is 0 Å². The first-order valence-electron chi connectivity index (χ1n) is 10.5. The summed E-state index contributed by atoms with van der Waals surface area (Å²) in [5.74, 6) is 1.67. The maximum absolute atomic E-state index is 5.94. The molecule has 1 aromatic heterocycles. The Kier molecular flexibility index (Phi) is 5.20. The van der Waals surface area contributed by atoms with E-state index < -0.39 is 0 Å². The first-order chi connectivity index (χ1) is 12.6. The molecule has 5 heteroatoms. The summed E-state index contributed by atoms with van der Waals surface area (Å²) in [6, 6.07) is 0.822. The molecule has 2 heterocycles. The fourth-order valence-corrected chi connectivity index (χ4v) is 5.13. The molecule has 1 spiro atoms. The Morgan fingerprint density at radius 3 is 2.38 bits per heavy atom. The highest BCUT2D eigenvalue weighted by Crippen LogP contribution is 2.60. The normalized spacial score (nSPS) is 33.0. The summed E-state index contributed by atoms with van der Waals surface area (Å²) in [6.07, 6.45) is 11.1. The van der Waals surface area contributed by atoms with Crippen LogP contribution in [0.1, 0.15) is 51.8 Å². The molecule has 0 amide bonds. The topological polar surface area (TPSA) is 41.5 Å². The lowest BCUT2D eigenvalue weighted by Crippen LogP contribution is -2.60. The summed E-state index contributed by atoms with van der Waals surface area (Å²) in [7, 11) is 0. The van der Waals surface area contributed by atoms with Crippen LogP contribution >= 0.6 is 0 Å². The van der Waals surface area contributed by atoms with Crippen molar-refractivity contribution in [2.75, 3.05) is 37.7 Å². The molecule has 1 atom stereocenters. The van der Waals surface area contributed by atoms with E-state index in [1.54, 1.807) is 0 Å². The lowest BCUT2D eigenvalue weighted by atomic mass is 9.50. The van der Waals surface area contributed by atoms with Crippen molar-refractivity contribution in [2.45, 2.75) is 65.0 Å². The van der Waals surface area contributed by atoms with Crippen LogP contribution in [-0.2, 0) is 4.74 Å². The van der Waals surface area contributed by atoms with Crippen LogP contribution in [0.4, 0.5) is 5.69 Å². The summed E-state index contributed by atoms with van der Waals surface area (Å²) < 4.78 is 5.94. The number of nitrogens with zero attached hydrogens (tertiary/aromatic N) is 4. The predicted octanol–water partition coefficient (Wildman–Crippen LogP) is 3.28. The van der Waals surface area contributed by atoms with Crippen molar-refractivity contribution in [3.8, 4) is 0 Å². The first-order valence-corrected chi connectivity index (χ1v) is 10.5. The molecule has 3 aliphatic rings. The molecule has 0 aromatic carbocycles. The summed E-state index contributed by atoms with van der Waals surface area (Å²) in [5, 5.41) is 0. The van der Waals surface area contributed by atoms with Crippen molar-refractivity contribution in [1.29, 1.82) is 0 Å². The zero-order valence-corrected chi connectivity index (χ0v) is 16.7. The van der Waals surface area contributed by atoms with E-state index in [1.165, 1.54) is 44.5 Å². The second-order valence-electron chi connectivity index (χ2n) is 8.90. The number of aryl methyl sites for hydroxylation is 1. The van der Waals surface area contributed by atoms with E-state index in [0.717, 1.165) is 43.9 Å². The van der Waals surface area contributed by atoms with Gasteiger partial charge in [-0.25, -0.2) is 9.97 Å². The summed E-state index contributed by atoms with van der Waals surface area (Å²) >= 11 is 0. The van der Waals surface area contributed by atoms with Gasteiger partial charge in [0.1, 0.15) is 5.82 Å². The number of ether oxygens (including phenoxy) is 1. The second-order valence-corrected chi connectivity index (χ2v) is 8.90. The van der Waals surface area contributed by atoms with Gasteiger partial charge in [0.05, 0.1) is 24.2 Å². The third kappa shape index (κ3) is 3.74. The molecule has 4 rings (SSSR count). The Bertz CT molecular complexity index is 583. The summed E-state index contributed by atoms with van der Waals surface area (Å²) in [5.41, 5.74) is 1.85. The van der Waals surface area contributed by atoms with Gasteiger partial charge in [0.2, 0.25) is 0 Å². The van der Waals surface area contributed by atoms with Crippen LogP contribution in [0.25, 0.3) is 0 Å². The minimum Gasteiger partial charge on any atom is -0.378 e. The van der Waals surface area contributed by atoms with Gasteiger partial charge in [-0.05, 0) is 57.3 Å². The number of anilines is 1. The van der Waals surface area contributed by atoms with E-state index >= 15 is 0 Å². The zero-order valence-electron chi connectivity index (χ0n) is 16.7. The maximum Gasteiger partial charge on any atom is 0.125 e. The van der Waals surface area contributed by atoms with Gasteiger partial charge in [-0.2, -0.15) is 0 Å². The van der Waals surface area contributed by atoms with E-state index in [0.29, 0.717) is 11.5 Å². The zero-order chi connectivity index (χ0) is 18.1. The van der Waals surface area contributed by atoms with Crippen LogP contribution in [-0.4, -0.2) is 59.8 Å². The smallest absolute Gasteiger partial charge is 0.125 e. The van der Waals surface area contributed by atoms with Gasteiger partial charge >= 0.3 is 0 Å². The average molecular weight is 359 g/mol. The Morgan fingerprint density at radius 1 is 1.12 bits per heavy atom. The quantitative estimate of drug-likeness (QED) is 0.781. The van der Waals surface area contributed by atoms with Crippen LogP contribution in [0.15, 0.2) is 12.4 Å². The third-order valence-corrected chi connectivity index (χ3v) is 6.94. The molecule has 0 radical (unpaired) electrons. The van der Waals surface area contributed by atoms with E-state index in [1.807, 2.05) is 19.3 Å². The second kappa shape index (κ2) is 7.43. The highest BCUT2D eigenvalue weighted by Gasteiger charge is 2.54. The van der Waals surface area contributed by atoms with Crippen LogP contribution < -0.4 is 4.90 Å². The molecule has 0 bridgehead atoms. The van der Waals surface area contributed by atoms with Crippen LogP contribution in [0, 0.1) is 18.3 Å². The Hall–Kier alpha value is -1.20. The van der Waals surface area contributed by atoms with Gasteiger partial charge in [-0.15, -0.1) is 0 Å². The molecule has 1 aliphatic heterocycles. The van der Waals surface area contributed by atoms with Crippen molar-refractivity contribution >= 4 is 5.69 Å². The molecule has 1 aromatic rings. The number of piperazine rings is 1. The molecule has 3 fully saturated rings. The largest absolute Gasteiger partial charge is 0.378 e. The van der Waals surface area contributed by atoms with Crippen molar-refractivity contribution in [2.24, 2.45) is 11.3 Å². The highest BCUT2D eigenvalue weighted by atomic mass is 16.5. The molecule has 144 valence electrons. The van der Waals surface area contributed by atoms with Crippen LogP contribution in [0.5, 0.6) is 0 Å². The Balaban J connectivity index is 1.17. The first kappa shape index (κ1) is 18.2. The maximum atomic E-state index is 5.94. The standard InChI is InChI=1S/C21H34N4O/c1-4-16(2)26-15-18-9-21(10-18)11-19(12-21)24-5-7-25(8-6-24)20-13-22-17(3)23-14-20/h13-14,16,18-19H,4-12,15H2,1-3H3. The highest BCUT2D eigenvalue weighted by molar-refractivity contribution is 5.42. The van der Waals surface area contributed by atoms with Gasteiger partial charge < -0.3 is 9.64 Å². The van der Waals surface area contributed by atoms with Gasteiger partial charge in [0.15, 0.2) is 0 Å². The fourth-order valence-electron chi connectivity index (χ4n) is 5.13. The van der Waals surface area contributed by atoms with E-state index in [2.05, 4.69) is 33.6 Å². The number of aromatic nitrogens is 2. The van der Waals surface area contributed by atoms with E-state index in [9.17, 15) is 0 Å². The molecule has 0 N–H and O–H groups in total. The van der Waals surface area contributed by atoms with E-state index in [4.69, 9.17) is 4.74 Å². The van der Waals surface area contributed by atoms with Crippen LogP contribution in [0.3, 0.4) is 0 Å². The monoisotopic (exact) mass is 358 g/mol. The molecule has 5 nitrogen and oxygen atoms in total. The minimum absolute atomic E-state index is 0.427. The summed E-state index contributed by atoms with van der Waals surface area (Å²) in [4.78, 5) is 13.8. The predicted molar refractivity (Wildman–Crippen MR) is 104 cm³/mol. The third-order valence-electron chi connectivity index (χ3n) is 6.94. The average Bonchev–Trinajstić information content (AvgIpc) is 2.60. The number of hydrogen-bond acceptors (Lipinski definition) is 5. The molecular weight excluding hydrogens is 324 g/mol. The molecule has 1 unspecified atom stereocenters. The molecule has 2 aliphatic carbocycles. The van der Waals surface area contributed by atoms with Gasteiger partial charge in [-0.3, -0.25) is 4.90 Å². The Morgan fingerprint density at radius 2 is 1.77 bits per heavy atom. The molecular formula is C21H34N4O. The van der Waals surface area contributed by atoms with Crippen molar-refractivity contribution in [3.63, 3.8) is 0 Å². The van der Waals surface area contributed by atoms with E-state index in [-0.39, 0.29) is 0 Å². The lowest BCUT2D eigenvalue weighted by Gasteiger charge is -2.61. The van der Waals surface area contributed by atoms with Crippen molar-refractivity contribution in [1.82, 2.24) is 14.9 Å². The summed E-state index contributed by atoms with van der Waals surface area (Å²) in [6.45, 7) is 11.9.